The maximum absolute atomic E-state index is 5.94. The summed E-state index contributed by atoms with van der Waals surface area (Å²) in [4.78, 5) is 8.90. The molecule has 2 N–H and O–H groups in total. The molecule has 1 aromatic carbocycles. The summed E-state index contributed by atoms with van der Waals surface area (Å²) in [6, 6.07) is 6.30. The van der Waals surface area contributed by atoms with Gasteiger partial charge in [-0.2, -0.15) is 4.98 Å². The maximum Gasteiger partial charge on any atom is 0.298 e. The van der Waals surface area contributed by atoms with Crippen LogP contribution in [0.3, 0.4) is 0 Å². The van der Waals surface area contributed by atoms with E-state index in [1.807, 2.05) is 18.2 Å². The average Bonchev–Trinajstić information content (AvgIpc) is 2.79. The molecule has 0 aliphatic heterocycles. The predicted molar refractivity (Wildman–Crippen MR) is 84.0 cm³/mol. The van der Waals surface area contributed by atoms with E-state index in [1.54, 1.807) is 0 Å². The summed E-state index contributed by atoms with van der Waals surface area (Å²) in [5, 5.41) is 0. The molecule has 0 bridgehead atoms. The molecule has 2 rings (SSSR count). The number of oxazole rings is 1. The summed E-state index contributed by atoms with van der Waals surface area (Å²) in [7, 11) is 4.13. The minimum absolute atomic E-state index is 0.546. The van der Waals surface area contributed by atoms with Gasteiger partial charge in [-0.15, -0.1) is 0 Å². The van der Waals surface area contributed by atoms with Crippen molar-refractivity contribution in [3.8, 4) is 0 Å². The Kier molecular flexibility index (Phi) is 4.49. The van der Waals surface area contributed by atoms with E-state index < -0.39 is 0 Å². The molecule has 1 heterocycles. The van der Waals surface area contributed by atoms with E-state index in [2.05, 4.69) is 42.7 Å². The Morgan fingerprint density at radius 2 is 2.00 bits per heavy atom. The number of likely N-dealkylation sites (N-methyl/N-ethyl adjacent to an activating group) is 1. The third kappa shape index (κ3) is 3.42. The number of hydrogen-bond donors (Lipinski definition) is 1. The Morgan fingerprint density at radius 1 is 1.25 bits per heavy atom. The highest BCUT2D eigenvalue weighted by Crippen LogP contribution is 2.26. The van der Waals surface area contributed by atoms with Crippen molar-refractivity contribution in [1.29, 1.82) is 0 Å². The lowest BCUT2D eigenvalue weighted by Gasteiger charge is -2.24. The van der Waals surface area contributed by atoms with Gasteiger partial charge in [0.15, 0.2) is 5.58 Å². The van der Waals surface area contributed by atoms with Gasteiger partial charge in [-0.25, -0.2) is 0 Å². The van der Waals surface area contributed by atoms with Crippen LogP contribution in [-0.2, 0) is 0 Å². The average molecular weight is 276 g/mol. The van der Waals surface area contributed by atoms with Crippen LogP contribution in [0.25, 0.3) is 11.1 Å². The van der Waals surface area contributed by atoms with Crippen LogP contribution in [0.15, 0.2) is 22.6 Å². The van der Waals surface area contributed by atoms with Crippen molar-refractivity contribution in [2.45, 2.75) is 13.8 Å². The van der Waals surface area contributed by atoms with Crippen molar-refractivity contribution in [2.24, 2.45) is 5.92 Å². The number of nitrogens with zero attached hydrogens (tertiary/aromatic N) is 3. The molecule has 0 saturated heterocycles. The van der Waals surface area contributed by atoms with Crippen LogP contribution in [0, 0.1) is 5.92 Å². The van der Waals surface area contributed by atoms with Crippen LogP contribution < -0.4 is 10.6 Å². The quantitative estimate of drug-likeness (QED) is 0.821. The Hall–Kier alpha value is -1.75. The largest absolute Gasteiger partial charge is 0.423 e. The number of rotatable bonds is 6. The predicted octanol–water partition coefficient (Wildman–Crippen LogP) is 2.43. The Morgan fingerprint density at radius 3 is 2.60 bits per heavy atom. The summed E-state index contributed by atoms with van der Waals surface area (Å²) in [5.41, 5.74) is 8.11. The molecule has 20 heavy (non-hydrogen) atoms. The summed E-state index contributed by atoms with van der Waals surface area (Å²) in [6.45, 7) is 7.15. The molecule has 2 aromatic rings. The van der Waals surface area contributed by atoms with Crippen molar-refractivity contribution in [2.75, 3.05) is 44.4 Å². The van der Waals surface area contributed by atoms with Crippen molar-refractivity contribution < 1.29 is 4.42 Å². The molecule has 0 spiro atoms. The van der Waals surface area contributed by atoms with Gasteiger partial charge in [0.1, 0.15) is 5.52 Å². The molecule has 0 atom stereocenters. The number of anilines is 2. The smallest absolute Gasteiger partial charge is 0.298 e. The van der Waals surface area contributed by atoms with Gasteiger partial charge in [0.25, 0.3) is 6.01 Å². The zero-order valence-electron chi connectivity index (χ0n) is 12.8. The van der Waals surface area contributed by atoms with Gasteiger partial charge < -0.3 is 20.0 Å². The van der Waals surface area contributed by atoms with E-state index >= 15 is 0 Å². The first-order chi connectivity index (χ1) is 9.47. The van der Waals surface area contributed by atoms with Gasteiger partial charge in [-0.1, -0.05) is 19.9 Å². The minimum Gasteiger partial charge on any atom is -0.423 e. The van der Waals surface area contributed by atoms with Gasteiger partial charge in [-0.05, 0) is 32.1 Å². The van der Waals surface area contributed by atoms with Crippen LogP contribution >= 0.6 is 0 Å². The first-order valence-electron chi connectivity index (χ1n) is 7.02. The van der Waals surface area contributed by atoms with Crippen LogP contribution in [0.1, 0.15) is 13.8 Å². The van der Waals surface area contributed by atoms with Crippen LogP contribution in [0.2, 0.25) is 0 Å². The van der Waals surface area contributed by atoms with Crippen LogP contribution in [-0.4, -0.2) is 43.6 Å². The first kappa shape index (κ1) is 14.7. The molecular formula is C15H24N4O. The molecule has 110 valence electrons. The molecule has 5 heteroatoms. The van der Waals surface area contributed by atoms with Gasteiger partial charge in [0.2, 0.25) is 0 Å². The molecule has 0 unspecified atom stereocenters. The number of fused-ring (bicyclic) bond motifs is 1. The van der Waals surface area contributed by atoms with Crippen LogP contribution in [0.4, 0.5) is 11.7 Å². The fourth-order valence-corrected chi connectivity index (χ4v) is 2.12. The van der Waals surface area contributed by atoms with E-state index in [-0.39, 0.29) is 0 Å². The first-order valence-corrected chi connectivity index (χ1v) is 7.02. The second-order valence-electron chi connectivity index (χ2n) is 5.83. The fraction of sp³-hybridized carbons (Fsp3) is 0.533. The lowest BCUT2D eigenvalue weighted by molar-refractivity contribution is 0.401. The summed E-state index contributed by atoms with van der Waals surface area (Å²) < 4.78 is 5.86. The zero-order chi connectivity index (χ0) is 14.7. The van der Waals surface area contributed by atoms with Crippen LogP contribution in [0.5, 0.6) is 0 Å². The number of nitrogen functional groups attached to an aromatic ring is 1. The summed E-state index contributed by atoms with van der Waals surface area (Å²) in [6.07, 6.45) is 0. The monoisotopic (exact) mass is 276 g/mol. The van der Waals surface area contributed by atoms with E-state index in [4.69, 9.17) is 10.2 Å². The molecule has 0 radical (unpaired) electrons. The number of para-hydroxylation sites is 1. The Bertz CT molecular complexity index is 562. The van der Waals surface area contributed by atoms with E-state index in [1.165, 1.54) is 0 Å². The lowest BCUT2D eigenvalue weighted by atomic mass is 10.2. The topological polar surface area (TPSA) is 58.5 Å². The molecule has 0 aliphatic rings. The maximum atomic E-state index is 5.94. The summed E-state index contributed by atoms with van der Waals surface area (Å²) >= 11 is 0. The molecule has 5 nitrogen and oxygen atoms in total. The van der Waals surface area contributed by atoms with Gasteiger partial charge in [0, 0.05) is 19.6 Å². The molecule has 0 fully saturated rings. The van der Waals surface area contributed by atoms with Gasteiger partial charge in [-0.3, -0.25) is 0 Å². The zero-order valence-corrected chi connectivity index (χ0v) is 12.8. The number of hydrogen-bond acceptors (Lipinski definition) is 5. The van der Waals surface area contributed by atoms with E-state index in [0.29, 0.717) is 17.6 Å². The molecule has 0 saturated carbocycles. The minimum atomic E-state index is 0.546. The van der Waals surface area contributed by atoms with Crippen molar-refractivity contribution in [3.05, 3.63) is 18.2 Å². The molecular weight excluding hydrogens is 252 g/mol. The van der Waals surface area contributed by atoms with Crippen molar-refractivity contribution in [1.82, 2.24) is 9.88 Å². The third-order valence-electron chi connectivity index (χ3n) is 3.11. The normalized spacial score (nSPS) is 11.7. The molecule has 1 aromatic heterocycles. The van der Waals surface area contributed by atoms with E-state index in [9.17, 15) is 0 Å². The van der Waals surface area contributed by atoms with Gasteiger partial charge >= 0.3 is 0 Å². The van der Waals surface area contributed by atoms with Crippen molar-refractivity contribution in [3.63, 3.8) is 0 Å². The van der Waals surface area contributed by atoms with Gasteiger partial charge in [0.05, 0.1) is 5.69 Å². The number of aromatic nitrogens is 1. The van der Waals surface area contributed by atoms with E-state index in [0.717, 1.165) is 30.7 Å². The standard InChI is InChI=1S/C15H24N4O/c1-11(2)10-19(9-8-18(3)4)15-17-14-12(16)6-5-7-13(14)20-15/h5-7,11H,8-10,16H2,1-4H3. The van der Waals surface area contributed by atoms with Crippen molar-refractivity contribution >= 4 is 22.8 Å². The number of nitrogens with two attached hydrogens (primary N) is 1. The number of benzene rings is 1. The SMILES string of the molecule is CC(C)CN(CCN(C)C)c1nc2c(N)cccc2o1. The Labute approximate surface area is 120 Å². The second kappa shape index (κ2) is 6.13. The molecule has 0 aliphatic carbocycles. The second-order valence-corrected chi connectivity index (χ2v) is 5.83. The fourth-order valence-electron chi connectivity index (χ4n) is 2.12. The molecule has 0 amide bonds. The Balaban J connectivity index is 2.27. The third-order valence-corrected chi connectivity index (χ3v) is 3.11. The highest BCUT2D eigenvalue weighted by molar-refractivity contribution is 5.86. The summed E-state index contributed by atoms with van der Waals surface area (Å²) in [5.74, 6) is 0.546. The lowest BCUT2D eigenvalue weighted by Crippen LogP contribution is -2.34. The highest BCUT2D eigenvalue weighted by Gasteiger charge is 2.16. The highest BCUT2D eigenvalue weighted by atomic mass is 16.4.